The van der Waals surface area contributed by atoms with Crippen molar-refractivity contribution >= 4 is 41.7 Å². The van der Waals surface area contributed by atoms with E-state index in [9.17, 15) is 18.0 Å². The second-order valence-electron chi connectivity index (χ2n) is 5.35. The van der Waals surface area contributed by atoms with Crippen LogP contribution >= 0.6 is 36.4 Å². The topological polar surface area (TPSA) is 23.6 Å². The van der Waals surface area contributed by atoms with E-state index in [1.807, 2.05) is 4.90 Å². The van der Waals surface area contributed by atoms with E-state index in [-0.39, 0.29) is 42.5 Å². The molecule has 1 heterocycles. The van der Waals surface area contributed by atoms with Crippen LogP contribution in [0.3, 0.4) is 0 Å². The third-order valence-corrected chi connectivity index (χ3v) is 4.17. The van der Waals surface area contributed by atoms with Crippen molar-refractivity contribution in [3.63, 3.8) is 0 Å². The summed E-state index contributed by atoms with van der Waals surface area (Å²) in [4.78, 5) is 15.3. The Balaban J connectivity index is 0.00000264. The lowest BCUT2D eigenvalue weighted by molar-refractivity contribution is -0.138. The van der Waals surface area contributed by atoms with Gasteiger partial charge in [-0.3, -0.25) is 9.69 Å². The average molecular weight is 408 g/mol. The number of rotatable bonds is 4. The number of carbonyl (C=O) groups is 1. The van der Waals surface area contributed by atoms with E-state index in [2.05, 4.69) is 11.8 Å². The van der Waals surface area contributed by atoms with Crippen molar-refractivity contribution in [1.29, 1.82) is 0 Å². The minimum atomic E-state index is -4.50. The van der Waals surface area contributed by atoms with Gasteiger partial charge in [0.15, 0.2) is 0 Å². The van der Waals surface area contributed by atoms with Crippen molar-refractivity contribution in [3.05, 3.63) is 34.9 Å². The summed E-state index contributed by atoms with van der Waals surface area (Å²) in [5.74, 6) is 0. The van der Waals surface area contributed by atoms with Gasteiger partial charge in [0.25, 0.3) is 5.24 Å². The SMILES string of the molecule is CCN1CCN(Cc2ccc(C(=O)Cl)cc2C(F)(F)F)CC1.Cl.Cl. The molecule has 1 aliphatic heterocycles. The van der Waals surface area contributed by atoms with Crippen LogP contribution in [0.2, 0.25) is 0 Å². The zero-order valence-electron chi connectivity index (χ0n) is 13.1. The van der Waals surface area contributed by atoms with Crippen LogP contribution in [0.5, 0.6) is 0 Å². The Bertz CT molecular complexity index is 547. The summed E-state index contributed by atoms with van der Waals surface area (Å²) in [6.45, 7) is 6.44. The number of halogens is 6. The Hall–Kier alpha value is -0.530. The lowest BCUT2D eigenvalue weighted by Crippen LogP contribution is -2.45. The van der Waals surface area contributed by atoms with Gasteiger partial charge in [-0.1, -0.05) is 13.0 Å². The molecule has 0 aliphatic carbocycles. The first-order valence-electron chi connectivity index (χ1n) is 7.16. The minimum absolute atomic E-state index is 0. The molecular formula is C15H20Cl3F3N2O. The summed E-state index contributed by atoms with van der Waals surface area (Å²) in [6, 6.07) is 3.54. The molecule has 138 valence electrons. The third-order valence-electron chi connectivity index (χ3n) is 3.95. The molecular weight excluding hydrogens is 388 g/mol. The molecule has 2 rings (SSSR count). The van der Waals surface area contributed by atoms with Crippen LogP contribution in [-0.2, 0) is 12.7 Å². The number of nitrogens with zero attached hydrogens (tertiary/aromatic N) is 2. The summed E-state index contributed by atoms with van der Waals surface area (Å²) in [6.07, 6.45) is -4.50. The monoisotopic (exact) mass is 406 g/mol. The Labute approximate surface area is 156 Å². The number of piperazine rings is 1. The normalized spacial score (nSPS) is 16.2. The van der Waals surface area contributed by atoms with E-state index in [1.54, 1.807) is 0 Å². The first-order chi connectivity index (χ1) is 10.3. The highest BCUT2D eigenvalue weighted by atomic mass is 35.5. The fraction of sp³-hybridized carbons (Fsp3) is 0.533. The predicted molar refractivity (Wildman–Crippen MR) is 93.5 cm³/mol. The molecule has 0 saturated carbocycles. The zero-order valence-corrected chi connectivity index (χ0v) is 15.5. The number of carbonyl (C=O) groups excluding carboxylic acids is 1. The number of benzene rings is 1. The van der Waals surface area contributed by atoms with Gasteiger partial charge in [-0.2, -0.15) is 13.2 Å². The van der Waals surface area contributed by atoms with Crippen molar-refractivity contribution < 1.29 is 18.0 Å². The van der Waals surface area contributed by atoms with Gasteiger partial charge in [0, 0.05) is 38.3 Å². The van der Waals surface area contributed by atoms with Crippen LogP contribution < -0.4 is 0 Å². The highest BCUT2D eigenvalue weighted by molar-refractivity contribution is 6.67. The maximum Gasteiger partial charge on any atom is 0.416 e. The standard InChI is InChI=1S/C15H18ClF3N2O.2ClH/c1-2-20-5-7-21(8-6-20)10-12-4-3-11(14(16)22)9-13(12)15(17,18)19;;/h3-4,9H,2,5-8,10H2,1H3;2*1H. The first-order valence-corrected chi connectivity index (χ1v) is 7.53. The molecule has 0 aromatic heterocycles. The van der Waals surface area contributed by atoms with Gasteiger partial charge < -0.3 is 4.90 Å². The average Bonchev–Trinajstić information content (AvgIpc) is 2.47. The van der Waals surface area contributed by atoms with Crippen LogP contribution in [0.15, 0.2) is 18.2 Å². The van der Waals surface area contributed by atoms with E-state index in [1.165, 1.54) is 12.1 Å². The summed E-state index contributed by atoms with van der Waals surface area (Å²) in [7, 11) is 0. The van der Waals surface area contributed by atoms with Crippen molar-refractivity contribution in [3.8, 4) is 0 Å². The van der Waals surface area contributed by atoms with Gasteiger partial charge in [0.05, 0.1) is 5.56 Å². The van der Waals surface area contributed by atoms with E-state index in [4.69, 9.17) is 11.6 Å². The molecule has 0 N–H and O–H groups in total. The van der Waals surface area contributed by atoms with Crippen LogP contribution in [0, 0.1) is 0 Å². The molecule has 0 amide bonds. The van der Waals surface area contributed by atoms with Crippen LogP contribution in [-0.4, -0.2) is 47.8 Å². The Morgan fingerprint density at radius 3 is 2.12 bits per heavy atom. The van der Waals surface area contributed by atoms with Crippen LogP contribution in [0.1, 0.15) is 28.4 Å². The summed E-state index contributed by atoms with van der Waals surface area (Å²) in [5.41, 5.74) is -0.732. The van der Waals surface area contributed by atoms with Crippen molar-refractivity contribution in [1.82, 2.24) is 9.80 Å². The van der Waals surface area contributed by atoms with Gasteiger partial charge in [-0.25, -0.2) is 0 Å². The smallest absolute Gasteiger partial charge is 0.301 e. The van der Waals surface area contributed by atoms with Crippen LogP contribution in [0.25, 0.3) is 0 Å². The van der Waals surface area contributed by atoms with Crippen LogP contribution in [0.4, 0.5) is 13.2 Å². The molecule has 24 heavy (non-hydrogen) atoms. The van der Waals surface area contributed by atoms with Gasteiger partial charge in [-0.15, -0.1) is 24.8 Å². The Kier molecular flexibility index (Phi) is 9.61. The predicted octanol–water partition coefficient (Wildman–Crippen LogP) is 4.07. The lowest BCUT2D eigenvalue weighted by atomic mass is 10.0. The van der Waals surface area contributed by atoms with Crippen molar-refractivity contribution in [2.75, 3.05) is 32.7 Å². The second-order valence-corrected chi connectivity index (χ2v) is 5.70. The maximum absolute atomic E-state index is 13.2. The largest absolute Gasteiger partial charge is 0.416 e. The van der Waals surface area contributed by atoms with E-state index < -0.39 is 17.0 Å². The molecule has 0 spiro atoms. The molecule has 0 radical (unpaired) electrons. The van der Waals surface area contributed by atoms with E-state index in [0.717, 1.165) is 38.8 Å². The van der Waals surface area contributed by atoms with E-state index in [0.29, 0.717) is 0 Å². The molecule has 0 bridgehead atoms. The minimum Gasteiger partial charge on any atom is -0.301 e. The highest BCUT2D eigenvalue weighted by Crippen LogP contribution is 2.33. The molecule has 1 fully saturated rings. The van der Waals surface area contributed by atoms with Gasteiger partial charge in [0.2, 0.25) is 0 Å². The third kappa shape index (κ3) is 6.08. The highest BCUT2D eigenvalue weighted by Gasteiger charge is 2.34. The molecule has 1 aromatic rings. The fourth-order valence-corrected chi connectivity index (χ4v) is 2.72. The molecule has 3 nitrogen and oxygen atoms in total. The van der Waals surface area contributed by atoms with Crippen molar-refractivity contribution in [2.45, 2.75) is 19.6 Å². The zero-order chi connectivity index (χ0) is 16.3. The molecule has 0 unspecified atom stereocenters. The van der Waals surface area contributed by atoms with Gasteiger partial charge in [-0.05, 0) is 35.8 Å². The molecule has 1 aromatic carbocycles. The number of hydrogen-bond acceptors (Lipinski definition) is 3. The van der Waals surface area contributed by atoms with Crippen molar-refractivity contribution in [2.24, 2.45) is 0 Å². The fourth-order valence-electron chi connectivity index (χ4n) is 2.61. The first kappa shape index (κ1) is 23.5. The second kappa shape index (κ2) is 9.82. The van der Waals surface area contributed by atoms with Gasteiger partial charge in [0.1, 0.15) is 0 Å². The maximum atomic E-state index is 13.2. The summed E-state index contributed by atoms with van der Waals surface area (Å²) in [5, 5.41) is -0.881. The summed E-state index contributed by atoms with van der Waals surface area (Å²) < 4.78 is 39.5. The Morgan fingerprint density at radius 1 is 1.12 bits per heavy atom. The Morgan fingerprint density at radius 2 is 1.67 bits per heavy atom. The quantitative estimate of drug-likeness (QED) is 0.703. The molecule has 1 saturated heterocycles. The lowest BCUT2D eigenvalue weighted by Gasteiger charge is -2.34. The molecule has 9 heteroatoms. The summed E-state index contributed by atoms with van der Waals surface area (Å²) >= 11 is 5.28. The van der Waals surface area contributed by atoms with E-state index >= 15 is 0 Å². The number of likely N-dealkylation sites (N-methyl/N-ethyl adjacent to an activating group) is 1. The number of alkyl halides is 3. The number of hydrogen-bond donors (Lipinski definition) is 0. The molecule has 1 aliphatic rings. The molecule has 0 atom stereocenters. The van der Waals surface area contributed by atoms with Gasteiger partial charge >= 0.3 is 6.18 Å².